The van der Waals surface area contributed by atoms with Crippen molar-refractivity contribution in [2.75, 3.05) is 29.4 Å². The number of aryl methyl sites for hydroxylation is 1. The number of amides is 3. The Hall–Kier alpha value is -3.46. The maximum Gasteiger partial charge on any atom is 0.261 e. The summed E-state index contributed by atoms with van der Waals surface area (Å²) in [5.74, 6) is 0.723. The first-order valence-electron chi connectivity index (χ1n) is 11.5. The summed E-state index contributed by atoms with van der Waals surface area (Å²) in [4.78, 5) is 42.4. The van der Waals surface area contributed by atoms with Gasteiger partial charge in [-0.15, -0.1) is 11.3 Å². The van der Waals surface area contributed by atoms with Gasteiger partial charge in [-0.3, -0.25) is 14.4 Å². The Morgan fingerprint density at radius 1 is 1.09 bits per heavy atom. The SMILES string of the molecule is Cc1cc(-c2ccc(C(=O)NCC3CC(=O)N(c4ccc(N5CCCCC5=O)cc4)C3)s2)on1. The average Bonchev–Trinajstić information content (AvgIpc) is 3.58. The van der Waals surface area contributed by atoms with Gasteiger partial charge < -0.3 is 19.6 Å². The van der Waals surface area contributed by atoms with Crippen LogP contribution in [0.5, 0.6) is 0 Å². The monoisotopic (exact) mass is 478 g/mol. The van der Waals surface area contributed by atoms with Crippen LogP contribution < -0.4 is 15.1 Å². The van der Waals surface area contributed by atoms with Crippen molar-refractivity contribution in [3.8, 4) is 10.6 Å². The van der Waals surface area contributed by atoms with E-state index in [-0.39, 0.29) is 23.6 Å². The highest BCUT2D eigenvalue weighted by Gasteiger charge is 2.31. The average molecular weight is 479 g/mol. The lowest BCUT2D eigenvalue weighted by Gasteiger charge is -2.27. The molecule has 0 saturated carbocycles. The van der Waals surface area contributed by atoms with E-state index in [1.54, 1.807) is 11.0 Å². The van der Waals surface area contributed by atoms with Crippen LogP contribution in [-0.4, -0.2) is 42.5 Å². The molecule has 176 valence electrons. The molecule has 5 rings (SSSR count). The Balaban J connectivity index is 1.17. The minimum atomic E-state index is -0.158. The summed E-state index contributed by atoms with van der Waals surface area (Å²) in [6, 6.07) is 13.1. The van der Waals surface area contributed by atoms with Crippen LogP contribution in [0.1, 0.15) is 41.0 Å². The van der Waals surface area contributed by atoms with Crippen molar-refractivity contribution in [2.24, 2.45) is 5.92 Å². The van der Waals surface area contributed by atoms with Gasteiger partial charge in [-0.25, -0.2) is 0 Å². The molecule has 0 aliphatic carbocycles. The minimum absolute atomic E-state index is 0.0381. The number of hydrogen-bond donors (Lipinski definition) is 1. The number of nitrogens with zero attached hydrogens (tertiary/aromatic N) is 3. The molecular weight excluding hydrogens is 452 g/mol. The summed E-state index contributed by atoms with van der Waals surface area (Å²) in [6.45, 7) is 3.57. The van der Waals surface area contributed by atoms with Crippen molar-refractivity contribution in [3.63, 3.8) is 0 Å². The zero-order valence-corrected chi connectivity index (χ0v) is 19.8. The van der Waals surface area contributed by atoms with Gasteiger partial charge in [-0.1, -0.05) is 5.16 Å². The van der Waals surface area contributed by atoms with Crippen molar-refractivity contribution in [1.82, 2.24) is 10.5 Å². The first-order chi connectivity index (χ1) is 16.5. The second-order valence-corrected chi connectivity index (χ2v) is 9.88. The van der Waals surface area contributed by atoms with Gasteiger partial charge in [0.25, 0.3) is 5.91 Å². The van der Waals surface area contributed by atoms with Gasteiger partial charge in [0.2, 0.25) is 11.8 Å². The van der Waals surface area contributed by atoms with Crippen molar-refractivity contribution in [3.05, 3.63) is 53.0 Å². The number of thiophene rings is 1. The third kappa shape index (κ3) is 4.61. The van der Waals surface area contributed by atoms with E-state index >= 15 is 0 Å². The lowest BCUT2D eigenvalue weighted by Crippen LogP contribution is -2.35. The first kappa shape index (κ1) is 22.3. The number of hydrogen-bond acceptors (Lipinski definition) is 6. The first-order valence-corrected chi connectivity index (χ1v) is 12.3. The molecule has 2 aromatic heterocycles. The molecule has 1 unspecified atom stereocenters. The third-order valence-corrected chi connectivity index (χ3v) is 7.35. The molecule has 2 aliphatic rings. The van der Waals surface area contributed by atoms with Crippen LogP contribution in [0.4, 0.5) is 11.4 Å². The van der Waals surface area contributed by atoms with Gasteiger partial charge in [0, 0.05) is 55.8 Å². The number of anilines is 2. The number of nitrogens with one attached hydrogen (secondary N) is 1. The van der Waals surface area contributed by atoms with E-state index in [9.17, 15) is 14.4 Å². The minimum Gasteiger partial charge on any atom is -0.355 e. The molecule has 0 bridgehead atoms. The van der Waals surface area contributed by atoms with Crippen molar-refractivity contribution >= 4 is 40.4 Å². The Bertz CT molecular complexity index is 1220. The molecule has 1 N–H and O–H groups in total. The lowest BCUT2D eigenvalue weighted by atomic mass is 10.1. The maximum absolute atomic E-state index is 12.6. The van der Waals surface area contributed by atoms with Gasteiger partial charge in [0.05, 0.1) is 15.4 Å². The summed E-state index contributed by atoms with van der Waals surface area (Å²) in [6.07, 6.45) is 2.94. The van der Waals surface area contributed by atoms with Crippen LogP contribution in [0.2, 0.25) is 0 Å². The van der Waals surface area contributed by atoms with Crippen LogP contribution in [0.15, 0.2) is 47.0 Å². The van der Waals surface area contributed by atoms with Crippen molar-refractivity contribution in [1.29, 1.82) is 0 Å². The number of carbonyl (C=O) groups is 3. The molecule has 0 radical (unpaired) electrons. The number of aromatic nitrogens is 1. The van der Waals surface area contributed by atoms with Crippen LogP contribution in [0.3, 0.4) is 0 Å². The molecule has 2 aliphatic heterocycles. The summed E-state index contributed by atoms with van der Waals surface area (Å²) in [5.41, 5.74) is 2.48. The fourth-order valence-electron chi connectivity index (χ4n) is 4.46. The second kappa shape index (κ2) is 9.42. The molecule has 1 atom stereocenters. The Morgan fingerprint density at radius 3 is 2.56 bits per heavy atom. The van der Waals surface area contributed by atoms with E-state index in [1.165, 1.54) is 11.3 Å². The Morgan fingerprint density at radius 2 is 1.85 bits per heavy atom. The molecule has 3 amide bonds. The topological polar surface area (TPSA) is 95.8 Å². The normalized spacial score (nSPS) is 18.6. The van der Waals surface area contributed by atoms with Crippen LogP contribution >= 0.6 is 11.3 Å². The smallest absolute Gasteiger partial charge is 0.261 e. The summed E-state index contributed by atoms with van der Waals surface area (Å²) >= 11 is 1.35. The number of rotatable bonds is 6. The highest BCUT2D eigenvalue weighted by molar-refractivity contribution is 7.17. The zero-order valence-electron chi connectivity index (χ0n) is 19.0. The second-order valence-electron chi connectivity index (χ2n) is 8.80. The molecule has 3 aromatic rings. The quantitative estimate of drug-likeness (QED) is 0.578. The molecule has 2 fully saturated rings. The maximum atomic E-state index is 12.6. The predicted molar refractivity (Wildman–Crippen MR) is 130 cm³/mol. The van der Waals surface area contributed by atoms with E-state index in [4.69, 9.17) is 4.52 Å². The van der Waals surface area contributed by atoms with Crippen LogP contribution in [0, 0.1) is 12.8 Å². The van der Waals surface area contributed by atoms with E-state index in [2.05, 4.69) is 10.5 Å². The fraction of sp³-hybridized carbons (Fsp3) is 0.360. The molecule has 0 spiro atoms. The summed E-state index contributed by atoms with van der Waals surface area (Å²) in [5, 5.41) is 6.85. The van der Waals surface area contributed by atoms with Gasteiger partial charge in [0.15, 0.2) is 5.76 Å². The molecule has 4 heterocycles. The van der Waals surface area contributed by atoms with E-state index in [1.807, 2.05) is 48.2 Å². The van der Waals surface area contributed by atoms with Crippen LogP contribution in [-0.2, 0) is 9.59 Å². The number of carbonyl (C=O) groups excluding carboxylic acids is 3. The largest absolute Gasteiger partial charge is 0.355 e. The van der Waals surface area contributed by atoms with Crippen molar-refractivity contribution in [2.45, 2.75) is 32.6 Å². The number of piperidine rings is 1. The molecule has 9 heteroatoms. The van der Waals surface area contributed by atoms with Gasteiger partial charge >= 0.3 is 0 Å². The van der Waals surface area contributed by atoms with E-state index in [0.29, 0.717) is 36.6 Å². The molecule has 2 saturated heterocycles. The van der Waals surface area contributed by atoms with Gasteiger partial charge in [-0.05, 0) is 56.2 Å². The molecule has 1 aromatic carbocycles. The zero-order chi connectivity index (χ0) is 23.7. The van der Waals surface area contributed by atoms with Gasteiger partial charge in [-0.2, -0.15) is 0 Å². The fourth-order valence-corrected chi connectivity index (χ4v) is 5.33. The van der Waals surface area contributed by atoms with E-state index < -0.39 is 0 Å². The van der Waals surface area contributed by atoms with Crippen LogP contribution in [0.25, 0.3) is 10.6 Å². The molecule has 8 nitrogen and oxygen atoms in total. The number of benzene rings is 1. The molecule has 34 heavy (non-hydrogen) atoms. The summed E-state index contributed by atoms with van der Waals surface area (Å²) < 4.78 is 5.26. The summed E-state index contributed by atoms with van der Waals surface area (Å²) in [7, 11) is 0. The third-order valence-electron chi connectivity index (χ3n) is 6.25. The van der Waals surface area contributed by atoms with E-state index in [0.717, 1.165) is 41.3 Å². The highest BCUT2D eigenvalue weighted by Crippen LogP contribution is 2.30. The Kier molecular flexibility index (Phi) is 6.19. The highest BCUT2D eigenvalue weighted by atomic mass is 32.1. The molecular formula is C25H26N4O4S. The van der Waals surface area contributed by atoms with Crippen molar-refractivity contribution < 1.29 is 18.9 Å². The van der Waals surface area contributed by atoms with Gasteiger partial charge in [0.1, 0.15) is 0 Å². The standard InChI is InChI=1S/C25H26N4O4S/c1-16-12-20(33-27-16)21-9-10-22(34-21)25(32)26-14-17-13-24(31)29(15-17)19-7-5-18(6-8-19)28-11-3-2-4-23(28)30/h5-10,12,17H,2-4,11,13-15H2,1H3,(H,26,32). The predicted octanol–water partition coefficient (Wildman–Crippen LogP) is 4.01. The Labute approximate surface area is 201 Å². The lowest BCUT2D eigenvalue weighted by molar-refractivity contribution is -0.119.